The van der Waals surface area contributed by atoms with Gasteiger partial charge in [-0.3, -0.25) is 0 Å². The molecule has 0 N–H and O–H groups in total. The maximum atomic E-state index is 12.5. The van der Waals surface area contributed by atoms with Crippen LogP contribution < -0.4 is 0 Å². The van der Waals surface area contributed by atoms with E-state index in [1.54, 1.807) is 6.92 Å². The second kappa shape index (κ2) is 10.3. The molecule has 0 aliphatic heterocycles. The molecule has 2 aromatic rings. The fourth-order valence-electron chi connectivity index (χ4n) is 1.59. The molecule has 0 nitrogen and oxygen atoms in total. The third kappa shape index (κ3) is 15.2. The molecule has 0 aromatic heterocycles. The molecule has 0 saturated heterocycles. The zero-order valence-corrected chi connectivity index (χ0v) is 20.0. The minimum atomic E-state index is -9.45. The van der Waals surface area contributed by atoms with Gasteiger partial charge in [0.1, 0.15) is 4.90 Å². The summed E-state index contributed by atoms with van der Waals surface area (Å²) >= 11 is -2.88. The summed E-state index contributed by atoms with van der Waals surface area (Å²) in [6, 6.07) is 6.42. The van der Waals surface area contributed by atoms with Gasteiger partial charge in [0, 0.05) is 10.7 Å². The van der Waals surface area contributed by atoms with Gasteiger partial charge in [0.25, 0.3) is 9.05 Å². The van der Waals surface area contributed by atoms with Gasteiger partial charge in [-0.05, 0) is 38.1 Å². The second-order valence-corrected chi connectivity index (χ2v) is 12.8. The zero-order chi connectivity index (χ0) is 23.5. The first-order valence-electron chi connectivity index (χ1n) is 7.13. The Kier molecular flexibility index (Phi) is 12.4. The number of halogens is 12. The van der Waals surface area contributed by atoms with Gasteiger partial charge in [-0.15, -0.1) is 15.5 Å². The fourth-order valence-corrected chi connectivity index (χ4v) is 3.20. The Morgan fingerprint density at radius 3 is 0.969 bits per heavy atom. The summed E-state index contributed by atoms with van der Waals surface area (Å²) in [7, 11) is -13.9. The molecule has 0 atom stereocenters. The van der Waals surface area contributed by atoms with Crippen molar-refractivity contribution in [2.24, 2.45) is 0 Å². The van der Waals surface area contributed by atoms with Crippen LogP contribution in [0.2, 0.25) is 0 Å². The maximum absolute atomic E-state index is 12.5. The van der Waals surface area contributed by atoms with E-state index in [0.717, 1.165) is 24.3 Å². The quantitative estimate of drug-likeness (QED) is 0.236. The molecule has 0 aliphatic carbocycles. The summed E-state index contributed by atoms with van der Waals surface area (Å²) in [5.74, 6) is 0. The van der Waals surface area contributed by atoms with Crippen molar-refractivity contribution in [1.29, 1.82) is 0 Å². The third-order valence-corrected chi connectivity index (χ3v) is 5.79. The van der Waals surface area contributed by atoms with E-state index in [1.165, 1.54) is 6.92 Å². The summed E-state index contributed by atoms with van der Waals surface area (Å²) in [6.45, 7) is 3.13. The Bertz CT molecular complexity index is 747. The van der Waals surface area contributed by atoms with Crippen LogP contribution in [0.3, 0.4) is 0 Å². The van der Waals surface area contributed by atoms with Gasteiger partial charge in [-0.25, -0.2) is 0 Å². The van der Waals surface area contributed by atoms with Crippen LogP contribution in [0.25, 0.3) is 0 Å². The number of hydrogen-bond donors (Lipinski definition) is 0. The van der Waals surface area contributed by atoms with Crippen LogP contribution in [0.15, 0.2) is 58.3 Å². The van der Waals surface area contributed by atoms with Crippen LogP contribution in [0.5, 0.6) is 0 Å². The van der Waals surface area contributed by atoms with Crippen molar-refractivity contribution < 1.29 is 59.7 Å². The molecule has 0 aliphatic rings. The molecule has 0 heterocycles. The van der Waals surface area contributed by atoms with Crippen molar-refractivity contribution in [1.82, 2.24) is 0 Å². The summed E-state index contributed by atoms with van der Waals surface area (Å²) < 4.78 is 130. The SMILES string of the molecule is C.C.C.Cc1ccc(S(F)(F)(F)(F)Cl)cc1.Cc1ccc(S(F)(F)(F)(F)F)cc1.[F][Zn][F]. The number of benzene rings is 2. The Hall–Kier alpha value is -0.717. The number of aryl methyl sites for hydroxylation is 2. The van der Waals surface area contributed by atoms with Crippen molar-refractivity contribution in [2.75, 3.05) is 0 Å². The predicted octanol–water partition coefficient (Wildman–Crippen LogP) is 12.3. The molecule has 0 bridgehead atoms. The van der Waals surface area contributed by atoms with Crippen molar-refractivity contribution >= 4 is 30.0 Å². The Labute approximate surface area is 194 Å². The normalized spacial score (nSPS) is 14.7. The second-order valence-electron chi connectivity index (χ2n) is 5.67. The molecule has 2 rings (SSSR count). The summed E-state index contributed by atoms with van der Waals surface area (Å²) in [5, 5.41) is 0. The van der Waals surface area contributed by atoms with E-state index in [4.69, 9.17) is 0 Å². The molecular formula is C17H26ClF11S2Zn. The molecule has 0 fully saturated rings. The number of rotatable bonds is 2. The van der Waals surface area contributed by atoms with Gasteiger partial charge >= 0.3 is 35.0 Å². The summed E-state index contributed by atoms with van der Waals surface area (Å²) in [4.78, 5) is -3.25. The van der Waals surface area contributed by atoms with E-state index in [-0.39, 0.29) is 22.3 Å². The van der Waals surface area contributed by atoms with Crippen LogP contribution >= 0.6 is 30.0 Å². The van der Waals surface area contributed by atoms with Gasteiger partial charge in [0.2, 0.25) is 0 Å². The van der Waals surface area contributed by atoms with E-state index >= 15 is 0 Å². The summed E-state index contributed by atoms with van der Waals surface area (Å²) in [5.41, 5.74) is 1.12. The average molecular weight is 604 g/mol. The number of hydrogen-bond acceptors (Lipinski definition) is 0. The molecule has 2 aromatic carbocycles. The van der Waals surface area contributed by atoms with E-state index in [1.807, 2.05) is 0 Å². The van der Waals surface area contributed by atoms with Gasteiger partial charge in [-0.1, -0.05) is 77.1 Å². The van der Waals surface area contributed by atoms with Crippen LogP contribution in [0, 0.1) is 13.8 Å². The molecule has 0 radical (unpaired) electrons. The van der Waals surface area contributed by atoms with Gasteiger partial charge in [0.15, 0.2) is 0 Å². The van der Waals surface area contributed by atoms with Gasteiger partial charge in [0.05, 0.1) is 4.90 Å². The van der Waals surface area contributed by atoms with E-state index < -0.39 is 47.2 Å². The van der Waals surface area contributed by atoms with Crippen LogP contribution in [-0.4, -0.2) is 0 Å². The van der Waals surface area contributed by atoms with Gasteiger partial charge in [-0.2, -0.15) is 0 Å². The molecule has 0 spiro atoms. The minimum absolute atomic E-state index is 0. The van der Waals surface area contributed by atoms with Crippen molar-refractivity contribution in [3.8, 4) is 0 Å². The van der Waals surface area contributed by atoms with E-state index in [2.05, 4.69) is 10.7 Å². The van der Waals surface area contributed by atoms with E-state index in [9.17, 15) is 41.6 Å². The Morgan fingerprint density at radius 1 is 0.562 bits per heavy atom. The predicted molar refractivity (Wildman–Crippen MR) is 112 cm³/mol. The Morgan fingerprint density at radius 2 is 0.781 bits per heavy atom. The first-order chi connectivity index (χ1) is 12.4. The standard InChI is InChI=1S/C7H7ClF4S.C7H7F5S.3CH4.2FH.Zn/c2*1-6-2-4-7(5-3-6)13(8,9,10,11)12;;;;;;/h2*2-5H,1H3;3*1H4;2*1H;/q;;;;;;;+2/p-2. The van der Waals surface area contributed by atoms with Crippen LogP contribution in [0.1, 0.15) is 33.4 Å². The zero-order valence-electron chi connectivity index (χ0n) is 14.7. The molecule has 0 unspecified atom stereocenters. The topological polar surface area (TPSA) is 0 Å². The first kappa shape index (κ1) is 38.5. The third-order valence-electron chi connectivity index (χ3n) is 2.93. The van der Waals surface area contributed by atoms with Gasteiger partial charge < -0.3 is 0 Å². The van der Waals surface area contributed by atoms with Crippen LogP contribution in [-0.2, 0) is 18.1 Å². The average Bonchev–Trinajstić information content (AvgIpc) is 2.44. The van der Waals surface area contributed by atoms with Crippen LogP contribution in [0.4, 0.5) is 41.6 Å². The molecule has 32 heavy (non-hydrogen) atoms. The van der Waals surface area contributed by atoms with E-state index in [0.29, 0.717) is 35.4 Å². The van der Waals surface area contributed by atoms with Crippen molar-refractivity contribution in [3.63, 3.8) is 0 Å². The molecule has 0 saturated carbocycles. The van der Waals surface area contributed by atoms with Crippen molar-refractivity contribution in [2.45, 2.75) is 45.9 Å². The molecule has 192 valence electrons. The molecular weight excluding hydrogens is 578 g/mol. The fraction of sp³-hybridized carbons (Fsp3) is 0.294. The van der Waals surface area contributed by atoms with Crippen molar-refractivity contribution in [3.05, 3.63) is 59.7 Å². The first-order valence-corrected chi connectivity index (χ1v) is 14.2. The Balaban J connectivity index is -0.000000201. The monoisotopic (exact) mass is 602 g/mol. The molecule has 15 heteroatoms. The molecule has 0 amide bonds. The summed E-state index contributed by atoms with van der Waals surface area (Å²) in [6.07, 6.45) is 0.